The molecule has 3 heterocycles. The molecule has 5 rings (SSSR count). The Labute approximate surface area is 209 Å². The van der Waals surface area contributed by atoms with E-state index in [4.69, 9.17) is 24.3 Å². The Morgan fingerprint density at radius 2 is 1.75 bits per heavy atom. The lowest BCUT2D eigenvalue weighted by Crippen LogP contribution is -2.29. The summed E-state index contributed by atoms with van der Waals surface area (Å²) in [5.41, 5.74) is 3.90. The molecule has 8 nitrogen and oxygen atoms in total. The number of ether oxygens (including phenoxy) is 3. The molecule has 0 amide bonds. The van der Waals surface area contributed by atoms with Crippen LogP contribution in [0.5, 0.6) is 11.5 Å². The van der Waals surface area contributed by atoms with E-state index in [1.165, 1.54) is 0 Å². The van der Waals surface area contributed by atoms with Gasteiger partial charge in [-0.2, -0.15) is 5.10 Å². The molecule has 0 radical (unpaired) electrons. The Balaban J connectivity index is 1.79. The van der Waals surface area contributed by atoms with Crippen molar-refractivity contribution in [2.75, 3.05) is 13.2 Å². The fourth-order valence-electron chi connectivity index (χ4n) is 4.37. The predicted octanol–water partition coefficient (Wildman–Crippen LogP) is 5.47. The first kappa shape index (κ1) is 23.8. The molecule has 1 aliphatic heterocycles. The molecule has 1 N–H and O–H groups in total. The van der Waals surface area contributed by atoms with Gasteiger partial charge in [-0.15, -0.1) is 0 Å². The maximum atomic E-state index is 12.5. The zero-order valence-electron chi connectivity index (χ0n) is 20.8. The van der Waals surface area contributed by atoms with E-state index in [1.54, 1.807) is 11.4 Å². The van der Waals surface area contributed by atoms with Crippen LogP contribution in [0.3, 0.4) is 0 Å². The summed E-state index contributed by atoms with van der Waals surface area (Å²) >= 11 is 0. The Kier molecular flexibility index (Phi) is 6.14. The number of benzene rings is 2. The maximum absolute atomic E-state index is 12.5. The summed E-state index contributed by atoms with van der Waals surface area (Å²) in [7, 11) is 0. The number of aryl methyl sites for hydroxylation is 1. The summed E-state index contributed by atoms with van der Waals surface area (Å²) < 4.78 is 19.5. The van der Waals surface area contributed by atoms with Crippen molar-refractivity contribution in [2.24, 2.45) is 0 Å². The van der Waals surface area contributed by atoms with Gasteiger partial charge in [0, 0.05) is 34.9 Å². The SMILES string of the molecule is Cc1nc2cc(-c3ccccc3)nn2c(-c2ccc3c(c2)OCCCO3)c1C(OC(C)(C)C)C(=O)O. The van der Waals surface area contributed by atoms with Gasteiger partial charge < -0.3 is 19.3 Å². The third-order valence-electron chi connectivity index (χ3n) is 5.88. The molecule has 0 saturated carbocycles. The quantitative estimate of drug-likeness (QED) is 0.399. The third kappa shape index (κ3) is 4.64. The summed E-state index contributed by atoms with van der Waals surface area (Å²) in [5.74, 6) is 0.170. The number of carboxylic acid groups (broad SMARTS) is 1. The van der Waals surface area contributed by atoms with E-state index in [2.05, 4.69) is 0 Å². The second kappa shape index (κ2) is 9.28. The van der Waals surface area contributed by atoms with Crippen molar-refractivity contribution in [1.82, 2.24) is 14.6 Å². The molecule has 36 heavy (non-hydrogen) atoms. The number of hydrogen-bond donors (Lipinski definition) is 1. The Bertz CT molecular complexity index is 1420. The molecule has 2 aromatic carbocycles. The number of aliphatic carboxylic acids is 1. The van der Waals surface area contributed by atoms with Gasteiger partial charge in [-0.05, 0) is 45.9 Å². The average Bonchev–Trinajstić information content (AvgIpc) is 3.11. The Hall–Kier alpha value is -3.91. The molecule has 8 heteroatoms. The summed E-state index contributed by atoms with van der Waals surface area (Å²) in [4.78, 5) is 17.3. The van der Waals surface area contributed by atoms with Crippen LogP contribution < -0.4 is 9.47 Å². The average molecular weight is 488 g/mol. The smallest absolute Gasteiger partial charge is 0.337 e. The van der Waals surface area contributed by atoms with Gasteiger partial charge in [0.05, 0.1) is 30.2 Å². The normalized spacial score (nSPS) is 14.4. The molecule has 0 fully saturated rings. The minimum atomic E-state index is -1.25. The zero-order valence-corrected chi connectivity index (χ0v) is 20.8. The van der Waals surface area contributed by atoms with Crippen molar-refractivity contribution in [3.8, 4) is 34.0 Å². The molecule has 0 aliphatic carbocycles. The lowest BCUT2D eigenvalue weighted by molar-refractivity contribution is -0.160. The number of fused-ring (bicyclic) bond motifs is 2. The van der Waals surface area contributed by atoms with Crippen LogP contribution in [0.4, 0.5) is 0 Å². The van der Waals surface area contributed by atoms with E-state index < -0.39 is 17.7 Å². The second-order valence-electron chi connectivity index (χ2n) is 9.79. The highest BCUT2D eigenvalue weighted by Crippen LogP contribution is 2.40. The summed E-state index contributed by atoms with van der Waals surface area (Å²) in [6, 6.07) is 17.3. The standard InChI is InChI=1S/C28H29N3O5/c1-17-24(26(27(32)33)36-28(2,3)4)25(19-11-12-21-22(15-19)35-14-8-13-34-21)31-23(29-17)16-20(30-31)18-9-6-5-7-10-18/h5-7,9-12,15-16,26H,8,13-14H2,1-4H3,(H,32,33). The predicted molar refractivity (Wildman–Crippen MR) is 135 cm³/mol. The molecule has 0 bridgehead atoms. The van der Waals surface area contributed by atoms with Crippen molar-refractivity contribution >= 4 is 11.6 Å². The van der Waals surface area contributed by atoms with E-state index in [-0.39, 0.29) is 0 Å². The van der Waals surface area contributed by atoms with Gasteiger partial charge in [0.1, 0.15) is 0 Å². The lowest BCUT2D eigenvalue weighted by Gasteiger charge is -2.27. The molecule has 1 aliphatic rings. The van der Waals surface area contributed by atoms with Crippen molar-refractivity contribution < 1.29 is 24.1 Å². The van der Waals surface area contributed by atoms with Crippen LogP contribution in [0.2, 0.25) is 0 Å². The Morgan fingerprint density at radius 1 is 1.03 bits per heavy atom. The number of aromatic nitrogens is 3. The first-order valence-electron chi connectivity index (χ1n) is 12.0. The molecule has 1 unspecified atom stereocenters. The zero-order chi connectivity index (χ0) is 25.4. The summed E-state index contributed by atoms with van der Waals surface area (Å²) in [6.07, 6.45) is -0.467. The van der Waals surface area contributed by atoms with Gasteiger partial charge in [-0.1, -0.05) is 30.3 Å². The van der Waals surface area contributed by atoms with Crippen molar-refractivity contribution in [3.05, 3.63) is 65.9 Å². The van der Waals surface area contributed by atoms with Gasteiger partial charge >= 0.3 is 5.97 Å². The molecule has 2 aromatic heterocycles. The lowest BCUT2D eigenvalue weighted by atomic mass is 9.98. The van der Waals surface area contributed by atoms with Crippen LogP contribution in [0.1, 0.15) is 44.6 Å². The fraction of sp³-hybridized carbons (Fsp3) is 0.321. The van der Waals surface area contributed by atoms with Gasteiger partial charge in [0.15, 0.2) is 23.3 Å². The molecule has 186 valence electrons. The first-order valence-corrected chi connectivity index (χ1v) is 12.0. The first-order chi connectivity index (χ1) is 17.2. The van der Waals surface area contributed by atoms with E-state index in [0.29, 0.717) is 47.3 Å². The van der Waals surface area contributed by atoms with Crippen molar-refractivity contribution in [1.29, 1.82) is 0 Å². The van der Waals surface area contributed by atoms with Crippen LogP contribution >= 0.6 is 0 Å². The van der Waals surface area contributed by atoms with Crippen LogP contribution in [0.15, 0.2) is 54.6 Å². The van der Waals surface area contributed by atoms with Crippen molar-refractivity contribution in [2.45, 2.75) is 45.8 Å². The summed E-state index contributed by atoms with van der Waals surface area (Å²) in [5, 5.41) is 15.1. The van der Waals surface area contributed by atoms with Crippen LogP contribution in [0, 0.1) is 6.92 Å². The van der Waals surface area contributed by atoms with E-state index >= 15 is 0 Å². The van der Waals surface area contributed by atoms with Gasteiger partial charge in [-0.25, -0.2) is 14.3 Å². The number of carbonyl (C=O) groups is 1. The van der Waals surface area contributed by atoms with Gasteiger partial charge in [0.2, 0.25) is 0 Å². The highest BCUT2D eigenvalue weighted by Gasteiger charge is 2.33. The largest absolute Gasteiger partial charge is 0.490 e. The van der Waals surface area contributed by atoms with Crippen LogP contribution in [0.25, 0.3) is 28.2 Å². The van der Waals surface area contributed by atoms with E-state index in [0.717, 1.165) is 23.2 Å². The minimum Gasteiger partial charge on any atom is -0.490 e. The number of rotatable bonds is 5. The fourth-order valence-corrected chi connectivity index (χ4v) is 4.37. The Morgan fingerprint density at radius 3 is 2.44 bits per heavy atom. The highest BCUT2D eigenvalue weighted by atomic mass is 16.5. The molecular weight excluding hydrogens is 458 g/mol. The monoisotopic (exact) mass is 487 g/mol. The van der Waals surface area contributed by atoms with Crippen LogP contribution in [-0.4, -0.2) is 44.5 Å². The number of nitrogens with zero attached hydrogens (tertiary/aromatic N) is 3. The molecule has 1 atom stereocenters. The van der Waals surface area contributed by atoms with Crippen LogP contribution in [-0.2, 0) is 9.53 Å². The topological polar surface area (TPSA) is 95.2 Å². The van der Waals surface area contributed by atoms with Gasteiger partial charge in [-0.3, -0.25) is 0 Å². The highest BCUT2D eigenvalue weighted by molar-refractivity contribution is 5.81. The van der Waals surface area contributed by atoms with E-state index in [9.17, 15) is 9.90 Å². The third-order valence-corrected chi connectivity index (χ3v) is 5.88. The molecule has 0 saturated heterocycles. The van der Waals surface area contributed by atoms with Gasteiger partial charge in [0.25, 0.3) is 0 Å². The number of carboxylic acids is 1. The second-order valence-corrected chi connectivity index (χ2v) is 9.79. The molecule has 4 aromatic rings. The molecule has 0 spiro atoms. The number of hydrogen-bond acceptors (Lipinski definition) is 6. The van der Waals surface area contributed by atoms with E-state index in [1.807, 2.05) is 75.4 Å². The van der Waals surface area contributed by atoms with Crippen molar-refractivity contribution in [3.63, 3.8) is 0 Å². The minimum absolute atomic E-state index is 0.446. The maximum Gasteiger partial charge on any atom is 0.337 e. The molecular formula is C28H29N3O5. The summed E-state index contributed by atoms with van der Waals surface area (Å²) in [6.45, 7) is 8.42.